The Labute approximate surface area is 110 Å². The molecule has 1 aliphatic rings. The first-order chi connectivity index (χ1) is 9.08. The smallest absolute Gasteiger partial charge is 0.352 e. The normalized spacial score (nSPS) is 14.6. The van der Waals surface area contributed by atoms with E-state index in [1.54, 1.807) is 18.2 Å². The number of benzene rings is 1. The van der Waals surface area contributed by atoms with Gasteiger partial charge in [-0.15, -0.1) is 0 Å². The number of aromatic carboxylic acids is 1. The van der Waals surface area contributed by atoms with Crippen LogP contribution in [0.1, 0.15) is 34.9 Å². The molecule has 1 aromatic carbocycles. The number of nitrogens with zero attached hydrogens (tertiary/aromatic N) is 1. The summed E-state index contributed by atoms with van der Waals surface area (Å²) in [6.07, 6.45) is 1.96. The molecular formula is C15H14FNO2. The first-order valence-electron chi connectivity index (χ1n) is 6.29. The van der Waals surface area contributed by atoms with E-state index in [9.17, 15) is 14.3 Å². The molecule has 0 bridgehead atoms. The molecule has 19 heavy (non-hydrogen) atoms. The molecule has 0 amide bonds. The predicted molar refractivity (Wildman–Crippen MR) is 69.8 cm³/mol. The molecule has 1 N–H and O–H groups in total. The second-order valence-electron chi connectivity index (χ2n) is 4.97. The van der Waals surface area contributed by atoms with Crippen LogP contribution in [-0.4, -0.2) is 15.6 Å². The number of carbonyl (C=O) groups is 1. The summed E-state index contributed by atoms with van der Waals surface area (Å²) >= 11 is 0. The molecule has 98 valence electrons. The highest BCUT2D eigenvalue weighted by molar-refractivity contribution is 5.88. The van der Waals surface area contributed by atoms with Crippen molar-refractivity contribution >= 4 is 5.97 Å². The molecule has 3 rings (SSSR count). The van der Waals surface area contributed by atoms with Gasteiger partial charge in [0.25, 0.3) is 0 Å². The second-order valence-corrected chi connectivity index (χ2v) is 4.97. The standard InChI is InChI=1S/C15H14FNO2/c1-9-2-3-10(16)8-12(9)13-6-7-14(15(18)19)17(13)11-4-5-11/h2-3,6-8,11H,4-5H2,1H3,(H,18,19). The summed E-state index contributed by atoms with van der Waals surface area (Å²) in [5.41, 5.74) is 2.77. The fourth-order valence-corrected chi connectivity index (χ4v) is 2.44. The molecule has 3 nitrogen and oxygen atoms in total. The van der Waals surface area contributed by atoms with Crippen molar-refractivity contribution in [1.82, 2.24) is 4.57 Å². The average molecular weight is 259 g/mol. The van der Waals surface area contributed by atoms with E-state index in [0.717, 1.165) is 29.7 Å². The predicted octanol–water partition coefficient (Wildman–Crippen LogP) is 3.64. The second kappa shape index (κ2) is 4.23. The molecule has 4 heteroatoms. The highest BCUT2D eigenvalue weighted by Crippen LogP contribution is 2.41. The quantitative estimate of drug-likeness (QED) is 0.914. The zero-order valence-corrected chi connectivity index (χ0v) is 10.6. The Morgan fingerprint density at radius 3 is 2.68 bits per heavy atom. The summed E-state index contributed by atoms with van der Waals surface area (Å²) in [6.45, 7) is 1.90. The third kappa shape index (κ3) is 2.03. The van der Waals surface area contributed by atoms with Gasteiger partial charge in [0.05, 0.1) is 0 Å². The van der Waals surface area contributed by atoms with Gasteiger partial charge in [-0.2, -0.15) is 0 Å². The van der Waals surface area contributed by atoms with Crippen LogP contribution in [0.25, 0.3) is 11.3 Å². The molecular weight excluding hydrogens is 245 g/mol. The maximum absolute atomic E-state index is 13.4. The average Bonchev–Trinajstić information content (AvgIpc) is 3.11. The summed E-state index contributed by atoms with van der Waals surface area (Å²) in [7, 11) is 0. The molecule has 0 atom stereocenters. The number of hydrogen-bond acceptors (Lipinski definition) is 1. The summed E-state index contributed by atoms with van der Waals surface area (Å²) < 4.78 is 15.2. The van der Waals surface area contributed by atoms with E-state index in [1.807, 2.05) is 11.5 Å². The van der Waals surface area contributed by atoms with Crippen molar-refractivity contribution in [2.24, 2.45) is 0 Å². The van der Waals surface area contributed by atoms with Gasteiger partial charge in [0.2, 0.25) is 0 Å². The zero-order valence-electron chi connectivity index (χ0n) is 10.6. The minimum Gasteiger partial charge on any atom is -0.477 e. The first-order valence-corrected chi connectivity index (χ1v) is 6.29. The minimum atomic E-state index is -0.938. The van der Waals surface area contributed by atoms with Gasteiger partial charge in [0.1, 0.15) is 11.5 Å². The largest absolute Gasteiger partial charge is 0.477 e. The molecule has 2 aromatic rings. The van der Waals surface area contributed by atoms with Crippen LogP contribution in [-0.2, 0) is 0 Å². The maximum Gasteiger partial charge on any atom is 0.352 e. The van der Waals surface area contributed by atoms with Gasteiger partial charge >= 0.3 is 5.97 Å². The molecule has 1 aliphatic carbocycles. The van der Waals surface area contributed by atoms with Crippen LogP contribution in [0.4, 0.5) is 4.39 Å². The van der Waals surface area contributed by atoms with Crippen molar-refractivity contribution in [3.63, 3.8) is 0 Å². The first kappa shape index (κ1) is 12.0. The Morgan fingerprint density at radius 2 is 2.05 bits per heavy atom. The van der Waals surface area contributed by atoms with E-state index in [4.69, 9.17) is 0 Å². The topological polar surface area (TPSA) is 42.2 Å². The summed E-state index contributed by atoms with van der Waals surface area (Å²) in [4.78, 5) is 11.3. The Balaban J connectivity index is 2.20. The van der Waals surface area contributed by atoms with Crippen molar-refractivity contribution in [3.05, 3.63) is 47.4 Å². The number of aromatic nitrogens is 1. The summed E-state index contributed by atoms with van der Waals surface area (Å²) in [5, 5.41) is 9.23. The number of aryl methyl sites for hydroxylation is 1. The molecule has 1 aromatic heterocycles. The lowest BCUT2D eigenvalue weighted by atomic mass is 10.1. The van der Waals surface area contributed by atoms with Crippen LogP contribution in [0.2, 0.25) is 0 Å². The van der Waals surface area contributed by atoms with E-state index >= 15 is 0 Å². The lowest BCUT2D eigenvalue weighted by Crippen LogP contribution is -2.08. The van der Waals surface area contributed by atoms with E-state index in [1.165, 1.54) is 12.1 Å². The number of rotatable bonds is 3. The number of carboxylic acid groups (broad SMARTS) is 1. The van der Waals surface area contributed by atoms with Gasteiger partial charge in [-0.25, -0.2) is 9.18 Å². The molecule has 0 spiro atoms. The molecule has 0 aliphatic heterocycles. The zero-order chi connectivity index (χ0) is 13.6. The van der Waals surface area contributed by atoms with E-state index < -0.39 is 5.97 Å². The molecule has 0 saturated heterocycles. The van der Waals surface area contributed by atoms with Crippen LogP contribution >= 0.6 is 0 Å². The molecule has 1 heterocycles. The summed E-state index contributed by atoms with van der Waals surface area (Å²) in [6, 6.07) is 8.20. The minimum absolute atomic E-state index is 0.235. The van der Waals surface area contributed by atoms with Crippen LogP contribution in [0.15, 0.2) is 30.3 Å². The van der Waals surface area contributed by atoms with Crippen LogP contribution in [0, 0.1) is 12.7 Å². The Hall–Kier alpha value is -2.10. The SMILES string of the molecule is Cc1ccc(F)cc1-c1ccc(C(=O)O)n1C1CC1. The lowest BCUT2D eigenvalue weighted by molar-refractivity contribution is 0.0685. The third-order valence-electron chi connectivity index (χ3n) is 3.52. The highest BCUT2D eigenvalue weighted by Gasteiger charge is 2.30. The van der Waals surface area contributed by atoms with Gasteiger partial charge in [0, 0.05) is 17.3 Å². The number of halogens is 1. The molecule has 1 fully saturated rings. The Bertz CT molecular complexity index is 656. The molecule has 0 unspecified atom stereocenters. The van der Waals surface area contributed by atoms with E-state index in [2.05, 4.69) is 0 Å². The third-order valence-corrected chi connectivity index (χ3v) is 3.52. The summed E-state index contributed by atoms with van der Waals surface area (Å²) in [5.74, 6) is -1.24. The Morgan fingerprint density at radius 1 is 1.32 bits per heavy atom. The fourth-order valence-electron chi connectivity index (χ4n) is 2.44. The monoisotopic (exact) mass is 259 g/mol. The highest BCUT2D eigenvalue weighted by atomic mass is 19.1. The van der Waals surface area contributed by atoms with Gasteiger partial charge in [0.15, 0.2) is 0 Å². The van der Waals surface area contributed by atoms with Crippen molar-refractivity contribution in [3.8, 4) is 11.3 Å². The maximum atomic E-state index is 13.4. The van der Waals surface area contributed by atoms with Crippen molar-refractivity contribution in [1.29, 1.82) is 0 Å². The van der Waals surface area contributed by atoms with Crippen molar-refractivity contribution in [2.45, 2.75) is 25.8 Å². The fraction of sp³-hybridized carbons (Fsp3) is 0.267. The van der Waals surface area contributed by atoms with Crippen LogP contribution < -0.4 is 0 Å². The molecule has 0 radical (unpaired) electrons. The van der Waals surface area contributed by atoms with Crippen LogP contribution in [0.3, 0.4) is 0 Å². The van der Waals surface area contributed by atoms with Gasteiger partial charge in [-0.3, -0.25) is 0 Å². The van der Waals surface area contributed by atoms with Crippen molar-refractivity contribution < 1.29 is 14.3 Å². The van der Waals surface area contributed by atoms with Gasteiger partial charge < -0.3 is 9.67 Å². The lowest BCUT2D eigenvalue weighted by Gasteiger charge is -2.12. The van der Waals surface area contributed by atoms with Crippen molar-refractivity contribution in [2.75, 3.05) is 0 Å². The van der Waals surface area contributed by atoms with Gasteiger partial charge in [-0.1, -0.05) is 6.07 Å². The number of hydrogen-bond donors (Lipinski definition) is 1. The van der Waals surface area contributed by atoms with Crippen LogP contribution in [0.5, 0.6) is 0 Å². The number of carboxylic acids is 1. The molecule has 1 saturated carbocycles. The van der Waals surface area contributed by atoms with E-state index in [-0.39, 0.29) is 17.6 Å². The Kier molecular flexibility index (Phi) is 2.66. The van der Waals surface area contributed by atoms with Gasteiger partial charge in [-0.05, 0) is 49.6 Å². The van der Waals surface area contributed by atoms with E-state index in [0.29, 0.717) is 0 Å².